The highest BCUT2D eigenvalue weighted by Crippen LogP contribution is 2.16. The molecule has 27 heavy (non-hydrogen) atoms. The van der Waals surface area contributed by atoms with Crippen LogP contribution in [0.1, 0.15) is 15.9 Å². The molecule has 0 bridgehead atoms. The smallest absolute Gasteiger partial charge is 0.203 e. The molecule has 0 radical (unpaired) electrons. The van der Waals surface area contributed by atoms with E-state index in [2.05, 4.69) is 0 Å². The summed E-state index contributed by atoms with van der Waals surface area (Å²) in [6.45, 7) is 0. The minimum absolute atomic E-state index is 0.00836. The zero-order valence-corrected chi connectivity index (χ0v) is 14.4. The van der Waals surface area contributed by atoms with Crippen LogP contribution in [0.5, 0.6) is 0 Å². The summed E-state index contributed by atoms with van der Waals surface area (Å²) in [5, 5.41) is 28.5. The molecule has 0 saturated heterocycles. The average molecular weight is 352 g/mol. The van der Waals surface area contributed by atoms with Gasteiger partial charge in [-0.25, -0.2) is 0 Å². The van der Waals surface area contributed by atoms with Crippen molar-refractivity contribution in [1.82, 2.24) is 0 Å². The predicted octanol–water partition coefficient (Wildman–Crippen LogP) is 4.92. The van der Waals surface area contributed by atoms with E-state index in [1.54, 1.807) is 66.7 Å². The van der Waals surface area contributed by atoms with Gasteiger partial charge in [0.2, 0.25) is 5.78 Å². The number of carbonyl (C=O) groups is 1. The van der Waals surface area contributed by atoms with E-state index >= 15 is 0 Å². The fourth-order valence-corrected chi connectivity index (χ4v) is 2.20. The Hall–Kier alpha value is -4.15. The lowest BCUT2D eigenvalue weighted by atomic mass is 10.0. The Morgan fingerprint density at radius 2 is 1.41 bits per heavy atom. The summed E-state index contributed by atoms with van der Waals surface area (Å²) in [5.74, 6) is -0.471. The molecule has 2 rings (SSSR count). The van der Waals surface area contributed by atoms with Crippen molar-refractivity contribution in [3.05, 3.63) is 113 Å². The molecule has 0 saturated carbocycles. The minimum Gasteiger partial charge on any atom is -0.506 e. The summed E-state index contributed by atoms with van der Waals surface area (Å²) in [4.78, 5) is 12.2. The van der Waals surface area contributed by atoms with Gasteiger partial charge in [0, 0.05) is 11.1 Å². The lowest BCUT2D eigenvalue weighted by Gasteiger charge is -2.00. The average Bonchev–Trinajstić information content (AvgIpc) is 2.74. The molecule has 0 aliphatic rings. The molecule has 0 unspecified atom stereocenters. The van der Waals surface area contributed by atoms with Gasteiger partial charge in [-0.2, -0.15) is 10.5 Å². The number of Topliss-reactive ketones (excluding diaryl/α,β-unsaturated/α-hetero) is 1. The molecular formula is C23H16N2O2. The second-order valence-corrected chi connectivity index (χ2v) is 5.37. The van der Waals surface area contributed by atoms with Crippen LogP contribution in [0.15, 0.2) is 102 Å². The lowest BCUT2D eigenvalue weighted by Crippen LogP contribution is -2.00. The predicted molar refractivity (Wildman–Crippen MR) is 104 cm³/mol. The molecule has 4 nitrogen and oxygen atoms in total. The number of hydrogen-bond donors (Lipinski definition) is 1. The zero-order valence-electron chi connectivity index (χ0n) is 14.4. The molecule has 0 spiro atoms. The maximum atomic E-state index is 12.2. The molecule has 0 amide bonds. The minimum atomic E-state index is -0.355. The number of aliphatic hydroxyl groups excluding tert-OH is 1. The van der Waals surface area contributed by atoms with Crippen LogP contribution in [-0.2, 0) is 0 Å². The quantitative estimate of drug-likeness (QED) is 0.263. The van der Waals surface area contributed by atoms with Crippen molar-refractivity contribution in [1.29, 1.82) is 10.5 Å². The van der Waals surface area contributed by atoms with E-state index in [1.807, 2.05) is 18.2 Å². The van der Waals surface area contributed by atoms with Crippen LogP contribution in [-0.4, -0.2) is 10.9 Å². The Labute approximate surface area is 157 Å². The second-order valence-electron chi connectivity index (χ2n) is 5.37. The topological polar surface area (TPSA) is 84.9 Å². The standard InChI is InChI=1S/C23H16N2O2/c24-16-20(22(26)18-10-4-1-5-11-18)14-8-3-9-15-21(17-25)23(27)19-12-6-2-7-13-19/h1-15,26H/b9-3+,14-8+,21-15+,22-20+. The van der Waals surface area contributed by atoms with Gasteiger partial charge in [-0.15, -0.1) is 0 Å². The van der Waals surface area contributed by atoms with Gasteiger partial charge in [-0.1, -0.05) is 78.9 Å². The van der Waals surface area contributed by atoms with Gasteiger partial charge in [0.1, 0.15) is 17.9 Å². The molecule has 0 fully saturated rings. The number of aliphatic hydroxyl groups is 1. The number of hydrogen-bond acceptors (Lipinski definition) is 4. The summed E-state index contributed by atoms with van der Waals surface area (Å²) in [6, 6.07) is 21.1. The zero-order chi connectivity index (χ0) is 19.5. The first-order valence-corrected chi connectivity index (χ1v) is 8.11. The number of nitrogens with zero attached hydrogens (tertiary/aromatic N) is 2. The van der Waals surface area contributed by atoms with Gasteiger partial charge in [0.15, 0.2) is 0 Å². The SMILES string of the molecule is N#C\C(=C/C=C/C=C/C(C#N)=C(\O)c1ccccc1)C(=O)c1ccccc1. The van der Waals surface area contributed by atoms with E-state index in [0.29, 0.717) is 11.1 Å². The first-order chi connectivity index (χ1) is 13.2. The Morgan fingerprint density at radius 3 is 1.96 bits per heavy atom. The molecular weight excluding hydrogens is 336 g/mol. The highest BCUT2D eigenvalue weighted by atomic mass is 16.3. The van der Waals surface area contributed by atoms with Gasteiger partial charge in [-0.3, -0.25) is 4.79 Å². The van der Waals surface area contributed by atoms with Crippen LogP contribution >= 0.6 is 0 Å². The lowest BCUT2D eigenvalue weighted by molar-refractivity contribution is 0.103. The maximum absolute atomic E-state index is 12.2. The van der Waals surface area contributed by atoms with E-state index in [9.17, 15) is 15.2 Å². The normalized spacial score (nSPS) is 12.4. The largest absolute Gasteiger partial charge is 0.506 e. The Kier molecular flexibility index (Phi) is 7.09. The Bertz CT molecular complexity index is 1000. The number of allylic oxidation sites excluding steroid dienone is 7. The molecule has 2 aromatic carbocycles. The summed E-state index contributed by atoms with van der Waals surface area (Å²) < 4.78 is 0. The van der Waals surface area contributed by atoms with E-state index in [1.165, 1.54) is 18.2 Å². The highest BCUT2D eigenvalue weighted by Gasteiger charge is 2.09. The number of rotatable bonds is 6. The highest BCUT2D eigenvalue weighted by molar-refractivity contribution is 6.11. The molecule has 2 aromatic rings. The Balaban J connectivity index is 2.13. The molecule has 0 aliphatic carbocycles. The van der Waals surface area contributed by atoms with Crippen LogP contribution in [0.3, 0.4) is 0 Å². The van der Waals surface area contributed by atoms with E-state index in [-0.39, 0.29) is 22.7 Å². The van der Waals surface area contributed by atoms with E-state index in [4.69, 9.17) is 5.26 Å². The first-order valence-electron chi connectivity index (χ1n) is 8.11. The number of benzene rings is 2. The van der Waals surface area contributed by atoms with Crippen molar-refractivity contribution in [3.8, 4) is 12.1 Å². The van der Waals surface area contributed by atoms with Crippen molar-refractivity contribution in [2.75, 3.05) is 0 Å². The molecule has 0 aliphatic heterocycles. The summed E-state index contributed by atoms with van der Waals surface area (Å²) in [5.41, 5.74) is 1.10. The summed E-state index contributed by atoms with van der Waals surface area (Å²) >= 11 is 0. The third-order valence-electron chi connectivity index (χ3n) is 3.57. The van der Waals surface area contributed by atoms with Gasteiger partial charge < -0.3 is 5.11 Å². The monoisotopic (exact) mass is 352 g/mol. The third-order valence-corrected chi connectivity index (χ3v) is 3.57. The van der Waals surface area contributed by atoms with Crippen LogP contribution < -0.4 is 0 Å². The first kappa shape index (κ1) is 19.2. The van der Waals surface area contributed by atoms with Gasteiger partial charge in [-0.05, 0) is 12.2 Å². The van der Waals surface area contributed by atoms with E-state index in [0.717, 1.165) is 0 Å². The molecule has 0 aromatic heterocycles. The second kappa shape index (κ2) is 9.98. The fraction of sp³-hybridized carbons (Fsp3) is 0. The van der Waals surface area contributed by atoms with Crippen molar-refractivity contribution in [3.63, 3.8) is 0 Å². The van der Waals surface area contributed by atoms with E-state index < -0.39 is 0 Å². The number of ketones is 1. The van der Waals surface area contributed by atoms with Crippen molar-refractivity contribution >= 4 is 11.5 Å². The molecule has 130 valence electrons. The molecule has 1 N–H and O–H groups in total. The molecule has 0 atom stereocenters. The Morgan fingerprint density at radius 1 is 0.815 bits per heavy atom. The number of nitriles is 2. The third kappa shape index (κ3) is 5.42. The molecule has 0 heterocycles. The van der Waals surface area contributed by atoms with Crippen molar-refractivity contribution < 1.29 is 9.90 Å². The van der Waals surface area contributed by atoms with Crippen LogP contribution in [0.2, 0.25) is 0 Å². The van der Waals surface area contributed by atoms with Crippen LogP contribution in [0, 0.1) is 22.7 Å². The van der Waals surface area contributed by atoms with Crippen molar-refractivity contribution in [2.45, 2.75) is 0 Å². The van der Waals surface area contributed by atoms with Crippen molar-refractivity contribution in [2.24, 2.45) is 0 Å². The van der Waals surface area contributed by atoms with Gasteiger partial charge in [0.25, 0.3) is 0 Å². The van der Waals surface area contributed by atoms with Gasteiger partial charge >= 0.3 is 0 Å². The van der Waals surface area contributed by atoms with Crippen LogP contribution in [0.25, 0.3) is 5.76 Å². The number of carbonyl (C=O) groups excluding carboxylic acids is 1. The van der Waals surface area contributed by atoms with Crippen LogP contribution in [0.4, 0.5) is 0 Å². The van der Waals surface area contributed by atoms with Gasteiger partial charge in [0.05, 0.1) is 11.1 Å². The summed E-state index contributed by atoms with van der Waals surface area (Å²) in [6.07, 6.45) is 7.52. The maximum Gasteiger partial charge on any atom is 0.203 e. The summed E-state index contributed by atoms with van der Waals surface area (Å²) in [7, 11) is 0. The fourth-order valence-electron chi connectivity index (χ4n) is 2.20. The molecule has 4 heteroatoms.